The molecule has 2 aromatic carbocycles. The molecule has 4 rings (SSSR count). The summed E-state index contributed by atoms with van der Waals surface area (Å²) in [6, 6.07) is 21.0. The Morgan fingerprint density at radius 2 is 1.74 bits per heavy atom. The minimum absolute atomic E-state index is 0.923. The highest BCUT2D eigenvalue weighted by Crippen LogP contribution is 2.31. The molecule has 0 saturated heterocycles. The van der Waals surface area contributed by atoms with E-state index in [0.29, 0.717) is 0 Å². The molecule has 134 valence electrons. The zero-order valence-electron chi connectivity index (χ0n) is 16.1. The van der Waals surface area contributed by atoms with Crippen molar-refractivity contribution in [3.05, 3.63) is 89.4 Å². The summed E-state index contributed by atoms with van der Waals surface area (Å²) in [5.74, 6) is 0.977. The zero-order chi connectivity index (χ0) is 18.8. The van der Waals surface area contributed by atoms with Crippen molar-refractivity contribution < 1.29 is 4.57 Å². The SMILES string of the molecule is CCN1/C(=C\c2cc(C)nc(-c3ccccc3)[n+]2C)C=Cc2ccccc21. The lowest BCUT2D eigenvalue weighted by Gasteiger charge is -2.29. The van der Waals surface area contributed by atoms with Crippen molar-refractivity contribution >= 4 is 17.8 Å². The highest BCUT2D eigenvalue weighted by atomic mass is 15.1. The van der Waals surface area contributed by atoms with E-state index in [1.807, 2.05) is 6.07 Å². The Bertz CT molecular complexity index is 1030. The van der Waals surface area contributed by atoms with E-state index in [9.17, 15) is 0 Å². The summed E-state index contributed by atoms with van der Waals surface area (Å²) in [4.78, 5) is 7.13. The van der Waals surface area contributed by atoms with E-state index in [-0.39, 0.29) is 0 Å². The number of fused-ring (bicyclic) bond motifs is 1. The highest BCUT2D eigenvalue weighted by molar-refractivity contribution is 5.79. The topological polar surface area (TPSA) is 20.0 Å². The van der Waals surface area contributed by atoms with Gasteiger partial charge >= 0.3 is 5.82 Å². The molecule has 0 N–H and O–H groups in total. The number of aromatic nitrogens is 2. The molecule has 1 aliphatic rings. The molecule has 0 amide bonds. The van der Waals surface area contributed by atoms with Crippen molar-refractivity contribution in [2.75, 3.05) is 11.4 Å². The summed E-state index contributed by atoms with van der Waals surface area (Å²) in [5.41, 5.74) is 6.99. The summed E-state index contributed by atoms with van der Waals surface area (Å²) in [7, 11) is 2.08. The lowest BCUT2D eigenvalue weighted by molar-refractivity contribution is -0.665. The summed E-state index contributed by atoms with van der Waals surface area (Å²) in [5, 5.41) is 0. The fourth-order valence-electron chi connectivity index (χ4n) is 3.60. The second-order valence-electron chi connectivity index (χ2n) is 6.78. The quantitative estimate of drug-likeness (QED) is 0.631. The van der Waals surface area contributed by atoms with E-state index in [2.05, 4.69) is 103 Å². The molecule has 3 heteroatoms. The minimum Gasteiger partial charge on any atom is -0.341 e. The molecule has 0 aliphatic carbocycles. The van der Waals surface area contributed by atoms with Gasteiger partial charge in [-0.2, -0.15) is 0 Å². The molecule has 0 bridgehead atoms. The highest BCUT2D eigenvalue weighted by Gasteiger charge is 2.20. The Balaban J connectivity index is 1.82. The molecule has 0 fully saturated rings. The van der Waals surface area contributed by atoms with Crippen LogP contribution in [0.5, 0.6) is 0 Å². The average molecular weight is 354 g/mol. The molecule has 1 aliphatic heterocycles. The van der Waals surface area contributed by atoms with E-state index in [1.165, 1.54) is 16.9 Å². The summed E-state index contributed by atoms with van der Waals surface area (Å²) in [6.07, 6.45) is 6.64. The van der Waals surface area contributed by atoms with Crippen LogP contribution in [0.25, 0.3) is 23.5 Å². The van der Waals surface area contributed by atoms with Gasteiger partial charge < -0.3 is 4.90 Å². The number of allylic oxidation sites excluding steroid dienone is 1. The van der Waals surface area contributed by atoms with Crippen LogP contribution >= 0.6 is 0 Å². The third-order valence-electron chi connectivity index (χ3n) is 4.96. The maximum atomic E-state index is 4.77. The maximum absolute atomic E-state index is 4.77. The second-order valence-corrected chi connectivity index (χ2v) is 6.78. The normalized spacial score (nSPS) is 14.5. The lowest BCUT2D eigenvalue weighted by Crippen LogP contribution is -2.37. The molecule has 2 heterocycles. The van der Waals surface area contributed by atoms with Gasteiger partial charge in [0.2, 0.25) is 0 Å². The van der Waals surface area contributed by atoms with Gasteiger partial charge in [0.1, 0.15) is 5.69 Å². The van der Waals surface area contributed by atoms with Crippen molar-refractivity contribution in [2.24, 2.45) is 7.05 Å². The predicted molar refractivity (Wildman–Crippen MR) is 112 cm³/mol. The van der Waals surface area contributed by atoms with Crippen molar-refractivity contribution in [2.45, 2.75) is 13.8 Å². The molecule has 0 unspecified atom stereocenters. The van der Waals surface area contributed by atoms with Gasteiger partial charge in [-0.3, -0.25) is 0 Å². The molecule has 3 aromatic rings. The van der Waals surface area contributed by atoms with Gasteiger partial charge in [-0.1, -0.05) is 42.5 Å². The third-order valence-corrected chi connectivity index (χ3v) is 4.96. The van der Waals surface area contributed by atoms with Crippen molar-refractivity contribution in [1.29, 1.82) is 0 Å². The van der Waals surface area contributed by atoms with E-state index in [1.54, 1.807) is 0 Å². The van der Waals surface area contributed by atoms with Gasteiger partial charge in [0, 0.05) is 37.0 Å². The number of aryl methyl sites for hydroxylation is 1. The Labute approximate surface area is 160 Å². The molecule has 1 aromatic heterocycles. The van der Waals surface area contributed by atoms with E-state index >= 15 is 0 Å². The van der Waals surface area contributed by atoms with Gasteiger partial charge in [-0.15, -0.1) is 0 Å². The minimum atomic E-state index is 0.923. The fraction of sp³-hybridized carbons (Fsp3) is 0.167. The first-order valence-electron chi connectivity index (χ1n) is 9.37. The van der Waals surface area contributed by atoms with Gasteiger partial charge in [-0.25, -0.2) is 4.57 Å². The van der Waals surface area contributed by atoms with Crippen LogP contribution in [0, 0.1) is 6.92 Å². The Kier molecular flexibility index (Phi) is 4.59. The molecule has 3 nitrogen and oxygen atoms in total. The van der Waals surface area contributed by atoms with Crippen molar-refractivity contribution in [3.8, 4) is 11.4 Å². The van der Waals surface area contributed by atoms with E-state index < -0.39 is 0 Å². The Morgan fingerprint density at radius 1 is 1.00 bits per heavy atom. The van der Waals surface area contributed by atoms with Crippen molar-refractivity contribution in [1.82, 2.24) is 4.98 Å². The Hall–Kier alpha value is -3.20. The summed E-state index contributed by atoms with van der Waals surface area (Å²) < 4.78 is 2.16. The first kappa shape index (κ1) is 17.2. The van der Waals surface area contributed by atoms with Crippen LogP contribution in [0.1, 0.15) is 23.9 Å². The zero-order valence-corrected chi connectivity index (χ0v) is 16.1. The third kappa shape index (κ3) is 3.28. The molecular formula is C24H24N3+. The molecule has 0 atom stereocenters. The number of anilines is 1. The standard InChI is InChI=1S/C24H24N3/c1-4-27-21(15-14-19-10-8-9-13-23(19)27)17-22-16-18(2)25-24(26(22)3)20-11-6-5-7-12-20/h5-17H,4H2,1-3H3/q+1. The number of hydrogen-bond donors (Lipinski definition) is 0. The summed E-state index contributed by atoms with van der Waals surface area (Å²) in [6.45, 7) is 5.17. The number of para-hydroxylation sites is 1. The van der Waals surface area contributed by atoms with E-state index in [0.717, 1.165) is 29.3 Å². The van der Waals surface area contributed by atoms with E-state index in [4.69, 9.17) is 4.98 Å². The van der Waals surface area contributed by atoms with Gasteiger partial charge in [0.15, 0.2) is 5.69 Å². The van der Waals surface area contributed by atoms with Crippen LogP contribution in [0.15, 0.2) is 72.4 Å². The number of benzene rings is 2. The van der Waals surface area contributed by atoms with Gasteiger partial charge in [0.25, 0.3) is 0 Å². The number of likely N-dealkylation sites (N-methyl/N-ethyl adjacent to an activating group) is 1. The first-order chi connectivity index (χ1) is 13.2. The van der Waals surface area contributed by atoms with Crippen LogP contribution in [-0.4, -0.2) is 11.5 Å². The molecule has 0 saturated carbocycles. The average Bonchev–Trinajstić information content (AvgIpc) is 2.71. The number of nitrogens with zero attached hydrogens (tertiary/aromatic N) is 3. The van der Waals surface area contributed by atoms with Crippen LogP contribution in [-0.2, 0) is 7.05 Å². The largest absolute Gasteiger partial charge is 0.341 e. The van der Waals surface area contributed by atoms with Crippen LogP contribution in [0.2, 0.25) is 0 Å². The smallest absolute Gasteiger partial charge is 0.330 e. The van der Waals surface area contributed by atoms with Crippen LogP contribution in [0.4, 0.5) is 5.69 Å². The van der Waals surface area contributed by atoms with Crippen molar-refractivity contribution in [3.63, 3.8) is 0 Å². The lowest BCUT2D eigenvalue weighted by atomic mass is 10.0. The molecule has 0 spiro atoms. The predicted octanol–water partition coefficient (Wildman–Crippen LogP) is 4.78. The molecule has 0 radical (unpaired) electrons. The van der Waals surface area contributed by atoms with Gasteiger partial charge in [0.05, 0.1) is 12.6 Å². The van der Waals surface area contributed by atoms with Crippen LogP contribution in [0.3, 0.4) is 0 Å². The maximum Gasteiger partial charge on any atom is 0.330 e. The first-order valence-corrected chi connectivity index (χ1v) is 9.37. The second kappa shape index (κ2) is 7.20. The molecular weight excluding hydrogens is 330 g/mol. The summed E-state index contributed by atoms with van der Waals surface area (Å²) >= 11 is 0. The van der Waals surface area contributed by atoms with Crippen LogP contribution < -0.4 is 9.47 Å². The molecule has 27 heavy (non-hydrogen) atoms. The van der Waals surface area contributed by atoms with Gasteiger partial charge in [-0.05, 0) is 41.7 Å². The fourth-order valence-corrected chi connectivity index (χ4v) is 3.60. The Morgan fingerprint density at radius 3 is 2.52 bits per heavy atom. The monoisotopic (exact) mass is 354 g/mol. The number of hydrogen-bond acceptors (Lipinski definition) is 2. The number of rotatable bonds is 3.